The van der Waals surface area contributed by atoms with Crippen LogP contribution in [0.1, 0.15) is 28.8 Å². The molecule has 0 radical (unpaired) electrons. The number of sulfonamides is 1. The Labute approximate surface area is 185 Å². The number of rotatable bonds is 7. The Morgan fingerprint density at radius 2 is 1.90 bits per heavy atom. The molecule has 0 unspecified atom stereocenters. The zero-order valence-corrected chi connectivity index (χ0v) is 19.1. The number of nitrogens with zero attached hydrogens (tertiary/aromatic N) is 2. The number of amides is 1. The van der Waals surface area contributed by atoms with Crippen LogP contribution >= 0.6 is 11.3 Å². The summed E-state index contributed by atoms with van der Waals surface area (Å²) in [5.74, 6) is 0.465. The lowest BCUT2D eigenvalue weighted by atomic mass is 10.1. The van der Waals surface area contributed by atoms with Crippen LogP contribution in [-0.4, -0.2) is 43.8 Å². The minimum Gasteiger partial charge on any atom is -0.496 e. The predicted octanol–water partition coefficient (Wildman–Crippen LogP) is 4.16. The predicted molar refractivity (Wildman–Crippen MR) is 121 cm³/mol. The monoisotopic (exact) mass is 457 g/mol. The van der Waals surface area contributed by atoms with Crippen molar-refractivity contribution in [3.05, 3.63) is 59.0 Å². The molecular weight excluding hydrogens is 434 g/mol. The van der Waals surface area contributed by atoms with Gasteiger partial charge in [0.2, 0.25) is 10.0 Å². The number of benzene rings is 2. The van der Waals surface area contributed by atoms with E-state index in [0.29, 0.717) is 10.7 Å². The van der Waals surface area contributed by atoms with Crippen LogP contribution in [0.4, 0.5) is 5.13 Å². The van der Waals surface area contributed by atoms with Gasteiger partial charge in [-0.1, -0.05) is 0 Å². The highest BCUT2D eigenvalue weighted by Gasteiger charge is 2.35. The summed E-state index contributed by atoms with van der Waals surface area (Å²) in [5.41, 5.74) is 3.06. The van der Waals surface area contributed by atoms with E-state index in [1.54, 1.807) is 14.2 Å². The molecule has 0 aliphatic heterocycles. The minimum absolute atomic E-state index is 0.0848. The summed E-state index contributed by atoms with van der Waals surface area (Å²) in [6.07, 6.45) is 1.78. The van der Waals surface area contributed by atoms with E-state index in [1.165, 1.54) is 39.9 Å². The zero-order chi connectivity index (χ0) is 22.2. The molecule has 2 aromatic carbocycles. The Bertz CT molecular complexity index is 1220. The van der Waals surface area contributed by atoms with Gasteiger partial charge in [-0.15, -0.1) is 11.3 Å². The number of anilines is 1. The maximum absolute atomic E-state index is 12.6. The number of thiazole rings is 1. The van der Waals surface area contributed by atoms with Crippen LogP contribution < -0.4 is 10.1 Å². The molecule has 4 rings (SSSR count). The third-order valence-corrected chi connectivity index (χ3v) is 7.95. The molecule has 0 spiro atoms. The van der Waals surface area contributed by atoms with Crippen LogP contribution in [-0.2, 0) is 10.0 Å². The molecule has 1 aliphatic carbocycles. The quantitative estimate of drug-likeness (QED) is 0.575. The first kappa shape index (κ1) is 21.5. The first-order valence-electron chi connectivity index (χ1n) is 9.79. The van der Waals surface area contributed by atoms with Gasteiger partial charge in [0.25, 0.3) is 5.91 Å². The maximum Gasteiger partial charge on any atom is 0.257 e. The molecule has 31 heavy (non-hydrogen) atoms. The van der Waals surface area contributed by atoms with Crippen LogP contribution in [0.5, 0.6) is 5.75 Å². The number of ether oxygens (including phenoxy) is 1. The number of nitrogens with one attached hydrogen (secondary N) is 1. The van der Waals surface area contributed by atoms with E-state index in [-0.39, 0.29) is 16.8 Å². The van der Waals surface area contributed by atoms with Gasteiger partial charge in [-0.05, 0) is 67.8 Å². The molecule has 1 fully saturated rings. The van der Waals surface area contributed by atoms with Crippen LogP contribution in [0.2, 0.25) is 0 Å². The molecular formula is C22H23N3O4S2. The highest BCUT2D eigenvalue weighted by atomic mass is 32.2. The summed E-state index contributed by atoms with van der Waals surface area (Å²) in [4.78, 5) is 17.3. The molecule has 9 heteroatoms. The molecule has 1 amide bonds. The van der Waals surface area contributed by atoms with Crippen LogP contribution in [0.25, 0.3) is 11.3 Å². The number of aryl methyl sites for hydroxylation is 1. The minimum atomic E-state index is -3.53. The number of methoxy groups -OCH3 is 1. The fourth-order valence-corrected chi connectivity index (χ4v) is 5.38. The number of carbonyl (C=O) groups excluding carboxylic acids is 1. The van der Waals surface area contributed by atoms with Crippen molar-refractivity contribution in [2.24, 2.45) is 0 Å². The highest BCUT2D eigenvalue weighted by molar-refractivity contribution is 7.89. The van der Waals surface area contributed by atoms with Gasteiger partial charge in [-0.2, -0.15) is 4.31 Å². The van der Waals surface area contributed by atoms with E-state index in [9.17, 15) is 13.2 Å². The van der Waals surface area contributed by atoms with Gasteiger partial charge in [0.15, 0.2) is 5.13 Å². The lowest BCUT2D eigenvalue weighted by molar-refractivity contribution is 0.102. The molecule has 162 valence electrons. The number of hydrogen-bond donors (Lipinski definition) is 1. The van der Waals surface area contributed by atoms with Crippen molar-refractivity contribution in [3.63, 3.8) is 0 Å². The van der Waals surface area contributed by atoms with Gasteiger partial charge in [0.1, 0.15) is 5.75 Å². The van der Waals surface area contributed by atoms with E-state index in [2.05, 4.69) is 10.3 Å². The Hall–Kier alpha value is -2.75. The van der Waals surface area contributed by atoms with Gasteiger partial charge in [-0.3, -0.25) is 10.1 Å². The smallest absolute Gasteiger partial charge is 0.257 e. The normalized spacial score (nSPS) is 13.9. The van der Waals surface area contributed by atoms with Crippen molar-refractivity contribution in [1.82, 2.24) is 9.29 Å². The van der Waals surface area contributed by atoms with Crippen LogP contribution in [0.3, 0.4) is 0 Å². The largest absolute Gasteiger partial charge is 0.496 e. The molecule has 1 saturated carbocycles. The first-order chi connectivity index (χ1) is 14.8. The van der Waals surface area contributed by atoms with E-state index in [4.69, 9.17) is 4.74 Å². The fourth-order valence-electron chi connectivity index (χ4n) is 3.25. The number of hydrogen-bond acceptors (Lipinski definition) is 6. The Kier molecular flexibility index (Phi) is 5.83. The Morgan fingerprint density at radius 1 is 1.19 bits per heavy atom. The summed E-state index contributed by atoms with van der Waals surface area (Å²) < 4.78 is 31.9. The van der Waals surface area contributed by atoms with E-state index in [1.807, 2.05) is 30.5 Å². The van der Waals surface area contributed by atoms with E-state index >= 15 is 0 Å². The Balaban J connectivity index is 1.46. The molecule has 0 atom stereocenters. The molecule has 7 nitrogen and oxygen atoms in total. The first-order valence-corrected chi connectivity index (χ1v) is 12.1. The second-order valence-electron chi connectivity index (χ2n) is 7.45. The number of aromatic nitrogens is 1. The van der Waals surface area contributed by atoms with Crippen molar-refractivity contribution in [3.8, 4) is 17.0 Å². The Morgan fingerprint density at radius 3 is 2.52 bits per heavy atom. The van der Waals surface area contributed by atoms with Crippen LogP contribution in [0.15, 0.2) is 52.7 Å². The second kappa shape index (κ2) is 8.41. The lowest BCUT2D eigenvalue weighted by Gasteiger charge is -2.16. The lowest BCUT2D eigenvalue weighted by Crippen LogP contribution is -2.29. The van der Waals surface area contributed by atoms with Crippen molar-refractivity contribution >= 4 is 32.4 Å². The van der Waals surface area contributed by atoms with Crippen molar-refractivity contribution in [2.45, 2.75) is 30.7 Å². The van der Waals surface area contributed by atoms with Gasteiger partial charge in [0, 0.05) is 29.6 Å². The SMILES string of the molecule is COc1ccc(-c2csc(NC(=O)c3ccc(S(=O)(=O)N(C)C4CC4)cc3)n2)cc1C. The summed E-state index contributed by atoms with van der Waals surface area (Å²) in [7, 11) is -0.305. The summed E-state index contributed by atoms with van der Waals surface area (Å²) in [5, 5.41) is 5.12. The third-order valence-electron chi connectivity index (χ3n) is 5.27. The van der Waals surface area contributed by atoms with Crippen LogP contribution in [0, 0.1) is 6.92 Å². The molecule has 3 aromatic rings. The summed E-state index contributed by atoms with van der Waals surface area (Å²) in [6.45, 7) is 1.96. The van der Waals surface area contributed by atoms with Gasteiger partial charge >= 0.3 is 0 Å². The fraction of sp³-hybridized carbons (Fsp3) is 0.273. The molecule has 1 heterocycles. The molecule has 0 saturated heterocycles. The van der Waals surface area contributed by atoms with E-state index < -0.39 is 10.0 Å². The van der Waals surface area contributed by atoms with Crippen molar-refractivity contribution in [1.29, 1.82) is 0 Å². The number of carbonyl (C=O) groups is 1. The van der Waals surface area contributed by atoms with Gasteiger partial charge in [-0.25, -0.2) is 13.4 Å². The highest BCUT2D eigenvalue weighted by Crippen LogP contribution is 2.31. The molecule has 1 N–H and O–H groups in total. The van der Waals surface area contributed by atoms with Gasteiger partial charge < -0.3 is 4.74 Å². The van der Waals surface area contributed by atoms with Crippen molar-refractivity contribution in [2.75, 3.05) is 19.5 Å². The average Bonchev–Trinajstić information content (AvgIpc) is 3.51. The average molecular weight is 458 g/mol. The zero-order valence-electron chi connectivity index (χ0n) is 17.5. The molecule has 1 aromatic heterocycles. The van der Waals surface area contributed by atoms with E-state index in [0.717, 1.165) is 35.4 Å². The van der Waals surface area contributed by atoms with Crippen molar-refractivity contribution < 1.29 is 17.9 Å². The molecule has 0 bridgehead atoms. The van der Waals surface area contributed by atoms with Gasteiger partial charge in [0.05, 0.1) is 17.7 Å². The standard InChI is InChI=1S/C22H23N3O4S2/c1-14-12-16(6-11-20(14)29-3)19-13-30-22(23-19)24-21(26)15-4-9-18(10-5-15)31(27,28)25(2)17-7-8-17/h4-6,9-13,17H,7-8H2,1-3H3,(H,23,24,26). The summed E-state index contributed by atoms with van der Waals surface area (Å²) >= 11 is 1.33. The third kappa shape index (κ3) is 4.48. The second-order valence-corrected chi connectivity index (χ2v) is 10.3. The maximum atomic E-state index is 12.6. The summed E-state index contributed by atoms with van der Waals surface area (Å²) in [6, 6.07) is 11.9. The molecule has 1 aliphatic rings. The topological polar surface area (TPSA) is 88.6 Å².